The van der Waals surface area contributed by atoms with Gasteiger partial charge in [-0.1, -0.05) is 18.2 Å². The Balaban J connectivity index is 1.91. The van der Waals surface area contributed by atoms with E-state index in [0.717, 1.165) is 16.5 Å². The van der Waals surface area contributed by atoms with Crippen LogP contribution in [0.1, 0.15) is 19.4 Å². The molecule has 0 aliphatic heterocycles. The lowest BCUT2D eigenvalue weighted by molar-refractivity contribution is -0.120. The van der Waals surface area contributed by atoms with Crippen molar-refractivity contribution in [3.8, 4) is 0 Å². The second kappa shape index (κ2) is 5.30. The van der Waals surface area contributed by atoms with Crippen molar-refractivity contribution in [3.05, 3.63) is 66.1 Å². The highest BCUT2D eigenvalue weighted by atomic mass is 19.1. The summed E-state index contributed by atoms with van der Waals surface area (Å²) in [4.78, 5) is 15.8. The van der Waals surface area contributed by atoms with Crippen LogP contribution in [0.5, 0.6) is 0 Å². The van der Waals surface area contributed by atoms with Crippen molar-refractivity contribution in [1.82, 2.24) is 4.98 Å². The third-order valence-corrected chi connectivity index (χ3v) is 3.93. The fourth-order valence-corrected chi connectivity index (χ4v) is 2.53. The monoisotopic (exact) mass is 296 g/mol. The number of anilines is 1. The maximum Gasteiger partial charge on any atom is 0.234 e. The predicted octanol–water partition coefficient (Wildman–Crippen LogP) is 4.22. The number of carbonyl (C=O) groups excluding carboxylic acids is 1. The van der Waals surface area contributed by atoms with Crippen LogP contribution >= 0.6 is 0 Å². The first-order chi connectivity index (χ1) is 10.5. The van der Waals surface area contributed by atoms with Gasteiger partial charge in [-0.3, -0.25) is 4.79 Å². The zero-order valence-corrected chi connectivity index (χ0v) is 12.5. The number of aromatic nitrogens is 1. The summed E-state index contributed by atoms with van der Waals surface area (Å²) in [5.41, 5.74) is 1.80. The van der Waals surface area contributed by atoms with Crippen LogP contribution in [0.3, 0.4) is 0 Å². The van der Waals surface area contributed by atoms with E-state index in [0.29, 0.717) is 5.69 Å². The average molecular weight is 296 g/mol. The van der Waals surface area contributed by atoms with Crippen LogP contribution < -0.4 is 5.32 Å². The largest absolute Gasteiger partial charge is 0.361 e. The molecular formula is C18H17FN2O. The van der Waals surface area contributed by atoms with Crippen molar-refractivity contribution in [1.29, 1.82) is 0 Å². The summed E-state index contributed by atoms with van der Waals surface area (Å²) in [7, 11) is 0. The molecule has 0 unspecified atom stereocenters. The highest BCUT2D eigenvalue weighted by Gasteiger charge is 2.32. The van der Waals surface area contributed by atoms with E-state index >= 15 is 0 Å². The summed E-state index contributed by atoms with van der Waals surface area (Å²) in [6.07, 6.45) is 1.87. The number of hydrogen-bond donors (Lipinski definition) is 2. The van der Waals surface area contributed by atoms with Crippen molar-refractivity contribution in [3.63, 3.8) is 0 Å². The Morgan fingerprint density at radius 2 is 1.77 bits per heavy atom. The van der Waals surface area contributed by atoms with E-state index in [9.17, 15) is 9.18 Å². The van der Waals surface area contributed by atoms with Gasteiger partial charge in [0.15, 0.2) is 0 Å². The number of rotatable bonds is 3. The number of carbonyl (C=O) groups is 1. The van der Waals surface area contributed by atoms with Gasteiger partial charge in [0.05, 0.1) is 5.41 Å². The molecule has 3 nitrogen and oxygen atoms in total. The third-order valence-electron chi connectivity index (χ3n) is 3.93. The molecule has 0 aliphatic rings. The highest BCUT2D eigenvalue weighted by Crippen LogP contribution is 2.31. The Kier molecular flexibility index (Phi) is 3.45. The number of amides is 1. The van der Waals surface area contributed by atoms with Crippen molar-refractivity contribution >= 4 is 22.5 Å². The molecule has 1 heterocycles. The molecule has 4 heteroatoms. The van der Waals surface area contributed by atoms with E-state index in [1.165, 1.54) is 12.1 Å². The number of benzene rings is 2. The maximum absolute atomic E-state index is 12.9. The van der Waals surface area contributed by atoms with Crippen LogP contribution in [0, 0.1) is 5.82 Å². The van der Waals surface area contributed by atoms with Gasteiger partial charge in [-0.2, -0.15) is 0 Å². The molecule has 0 bridgehead atoms. The van der Waals surface area contributed by atoms with Gasteiger partial charge in [-0.15, -0.1) is 0 Å². The van der Waals surface area contributed by atoms with Crippen LogP contribution in [-0.4, -0.2) is 10.9 Å². The summed E-state index contributed by atoms with van der Waals surface area (Å²) in [5.74, 6) is -0.460. The van der Waals surface area contributed by atoms with Gasteiger partial charge in [0.2, 0.25) is 5.91 Å². The van der Waals surface area contributed by atoms with E-state index in [1.54, 1.807) is 12.1 Å². The molecule has 2 N–H and O–H groups in total. The zero-order chi connectivity index (χ0) is 15.7. The molecule has 3 aromatic rings. The standard InChI is InChI=1S/C18H17FN2O/c1-18(2,15-11-20-16-6-4-3-5-14(15)16)17(22)21-13-9-7-12(19)8-10-13/h3-11,20H,1-2H3,(H,21,22). The lowest BCUT2D eigenvalue weighted by Crippen LogP contribution is -2.34. The molecular weight excluding hydrogens is 279 g/mol. The quantitative estimate of drug-likeness (QED) is 0.746. The molecule has 2 aromatic carbocycles. The fraction of sp³-hybridized carbons (Fsp3) is 0.167. The van der Waals surface area contributed by atoms with Crippen LogP contribution in [0.2, 0.25) is 0 Å². The van der Waals surface area contributed by atoms with Gasteiger partial charge in [0, 0.05) is 22.8 Å². The van der Waals surface area contributed by atoms with Gasteiger partial charge in [0.25, 0.3) is 0 Å². The fourth-order valence-electron chi connectivity index (χ4n) is 2.53. The maximum atomic E-state index is 12.9. The minimum Gasteiger partial charge on any atom is -0.361 e. The second-order valence-electron chi connectivity index (χ2n) is 5.83. The van der Waals surface area contributed by atoms with Gasteiger partial charge >= 0.3 is 0 Å². The zero-order valence-electron chi connectivity index (χ0n) is 12.5. The number of hydrogen-bond acceptors (Lipinski definition) is 1. The second-order valence-corrected chi connectivity index (χ2v) is 5.83. The van der Waals surface area contributed by atoms with Gasteiger partial charge < -0.3 is 10.3 Å². The number of para-hydroxylation sites is 1. The number of nitrogens with one attached hydrogen (secondary N) is 2. The lowest BCUT2D eigenvalue weighted by atomic mass is 9.83. The van der Waals surface area contributed by atoms with E-state index < -0.39 is 5.41 Å². The van der Waals surface area contributed by atoms with Crippen molar-refractivity contribution in [2.75, 3.05) is 5.32 Å². The molecule has 0 fully saturated rings. The van der Waals surface area contributed by atoms with Gasteiger partial charge in [-0.25, -0.2) is 4.39 Å². The third kappa shape index (κ3) is 2.48. The summed E-state index contributed by atoms with van der Waals surface area (Å²) in [6, 6.07) is 13.6. The molecule has 1 aromatic heterocycles. The SMILES string of the molecule is CC(C)(C(=O)Nc1ccc(F)cc1)c1c[nH]c2ccccc12. The molecule has 0 radical (unpaired) electrons. The van der Waals surface area contributed by atoms with Crippen LogP contribution in [-0.2, 0) is 10.2 Å². The Bertz CT molecular complexity index is 818. The predicted molar refractivity (Wildman–Crippen MR) is 86.4 cm³/mol. The minimum atomic E-state index is -0.714. The Hall–Kier alpha value is -2.62. The first-order valence-corrected chi connectivity index (χ1v) is 7.12. The van der Waals surface area contributed by atoms with Crippen molar-refractivity contribution < 1.29 is 9.18 Å². The Labute approximate surface area is 128 Å². The summed E-state index contributed by atoms with van der Waals surface area (Å²) in [6.45, 7) is 3.75. The average Bonchev–Trinajstić information content (AvgIpc) is 2.94. The van der Waals surface area contributed by atoms with Crippen LogP contribution in [0.25, 0.3) is 10.9 Å². The van der Waals surface area contributed by atoms with Crippen molar-refractivity contribution in [2.45, 2.75) is 19.3 Å². The number of fused-ring (bicyclic) bond motifs is 1. The molecule has 0 saturated heterocycles. The Morgan fingerprint density at radius 1 is 1.09 bits per heavy atom. The molecule has 0 saturated carbocycles. The minimum absolute atomic E-state index is 0.135. The van der Waals surface area contributed by atoms with Crippen molar-refractivity contribution in [2.24, 2.45) is 0 Å². The number of halogens is 1. The molecule has 1 amide bonds. The first-order valence-electron chi connectivity index (χ1n) is 7.12. The summed E-state index contributed by atoms with van der Waals surface area (Å²) >= 11 is 0. The number of aromatic amines is 1. The highest BCUT2D eigenvalue weighted by molar-refractivity contribution is 6.01. The first kappa shape index (κ1) is 14.3. The van der Waals surface area contributed by atoms with Crippen LogP contribution in [0.4, 0.5) is 10.1 Å². The van der Waals surface area contributed by atoms with E-state index in [2.05, 4.69) is 10.3 Å². The smallest absolute Gasteiger partial charge is 0.234 e. The molecule has 0 spiro atoms. The summed E-state index contributed by atoms with van der Waals surface area (Å²) in [5, 5.41) is 3.87. The van der Waals surface area contributed by atoms with E-state index in [1.807, 2.05) is 44.3 Å². The molecule has 112 valence electrons. The topological polar surface area (TPSA) is 44.9 Å². The van der Waals surface area contributed by atoms with E-state index in [-0.39, 0.29) is 11.7 Å². The summed E-state index contributed by atoms with van der Waals surface area (Å²) < 4.78 is 12.9. The van der Waals surface area contributed by atoms with Crippen LogP contribution in [0.15, 0.2) is 54.7 Å². The molecule has 3 rings (SSSR count). The lowest BCUT2D eigenvalue weighted by Gasteiger charge is -2.23. The number of H-pyrrole nitrogens is 1. The van der Waals surface area contributed by atoms with E-state index in [4.69, 9.17) is 0 Å². The van der Waals surface area contributed by atoms with Gasteiger partial charge in [-0.05, 0) is 49.7 Å². The Morgan fingerprint density at radius 3 is 2.50 bits per heavy atom. The normalized spacial score (nSPS) is 11.6. The molecule has 22 heavy (non-hydrogen) atoms. The van der Waals surface area contributed by atoms with Gasteiger partial charge in [0.1, 0.15) is 5.82 Å². The molecule has 0 aliphatic carbocycles. The molecule has 0 atom stereocenters.